The van der Waals surface area contributed by atoms with Gasteiger partial charge in [0.05, 0.1) is 0 Å². The summed E-state index contributed by atoms with van der Waals surface area (Å²) in [6.45, 7) is 6.50. The minimum Gasteiger partial charge on any atom is -0.366 e. The lowest BCUT2D eigenvalue weighted by molar-refractivity contribution is 0.100. The van der Waals surface area contributed by atoms with Crippen molar-refractivity contribution in [3.05, 3.63) is 64.2 Å². The highest BCUT2D eigenvalue weighted by Gasteiger charge is 2.17. The quantitative estimate of drug-likeness (QED) is 0.313. The first-order chi connectivity index (χ1) is 16.4. The van der Waals surface area contributed by atoms with E-state index in [9.17, 15) is 4.79 Å². The van der Waals surface area contributed by atoms with E-state index in [1.165, 1.54) is 5.56 Å². The zero-order chi connectivity index (χ0) is 24.1. The first-order valence-corrected chi connectivity index (χ1v) is 11.7. The molecule has 1 amide bonds. The van der Waals surface area contributed by atoms with Crippen LogP contribution in [0, 0.1) is 6.92 Å². The third-order valence-corrected chi connectivity index (χ3v) is 6.05. The Kier molecular flexibility index (Phi) is 7.44. The number of hydrogen-bond donors (Lipinski definition) is 5. The lowest BCUT2D eigenvalue weighted by Crippen LogP contribution is -2.24. The molecule has 3 aromatic rings. The average Bonchev–Trinajstić information content (AvgIpc) is 3.32. The number of halogens is 1. The topological polar surface area (TPSA) is 130 Å². The Morgan fingerprint density at radius 1 is 1.15 bits per heavy atom. The molecule has 1 fully saturated rings. The van der Waals surface area contributed by atoms with Crippen LogP contribution in [0.15, 0.2) is 42.5 Å². The van der Waals surface area contributed by atoms with Crippen LogP contribution in [0.2, 0.25) is 5.02 Å². The molecule has 0 saturated carbocycles. The first kappa shape index (κ1) is 23.7. The second-order valence-electron chi connectivity index (χ2n) is 8.49. The van der Waals surface area contributed by atoms with E-state index in [1.54, 1.807) is 12.1 Å². The number of carbonyl (C=O) groups is 1. The molecule has 1 saturated heterocycles. The van der Waals surface area contributed by atoms with E-state index in [2.05, 4.69) is 43.1 Å². The number of aromatic nitrogens is 3. The molecule has 0 radical (unpaired) electrons. The molecule has 0 aliphatic carbocycles. The predicted octanol–water partition coefficient (Wildman–Crippen LogP) is 3.67. The lowest BCUT2D eigenvalue weighted by atomic mass is 10.0. The van der Waals surface area contributed by atoms with Crippen molar-refractivity contribution in [1.82, 2.24) is 20.3 Å². The number of anilines is 4. The summed E-state index contributed by atoms with van der Waals surface area (Å²) in [5.74, 6) is 1.03. The molecule has 2 atom stereocenters. The van der Waals surface area contributed by atoms with E-state index in [-0.39, 0.29) is 12.0 Å². The van der Waals surface area contributed by atoms with Crippen LogP contribution in [0.3, 0.4) is 0 Å². The first-order valence-electron chi connectivity index (χ1n) is 11.3. The fourth-order valence-electron chi connectivity index (χ4n) is 3.72. The number of benzene rings is 2. The molecule has 0 bridgehead atoms. The van der Waals surface area contributed by atoms with Crippen molar-refractivity contribution in [2.75, 3.05) is 35.6 Å². The maximum absolute atomic E-state index is 11.6. The highest BCUT2D eigenvalue weighted by atomic mass is 35.5. The van der Waals surface area contributed by atoms with Crippen LogP contribution in [-0.2, 0) is 0 Å². The van der Waals surface area contributed by atoms with Crippen LogP contribution in [0.5, 0.6) is 0 Å². The lowest BCUT2D eigenvalue weighted by Gasteiger charge is -2.17. The second-order valence-corrected chi connectivity index (χ2v) is 8.93. The van der Waals surface area contributed by atoms with E-state index >= 15 is 0 Å². The molecule has 1 aromatic heterocycles. The molecule has 0 spiro atoms. The third-order valence-electron chi connectivity index (χ3n) is 5.80. The molecule has 178 valence electrons. The smallest absolute Gasteiger partial charge is 0.248 e. The van der Waals surface area contributed by atoms with Gasteiger partial charge in [-0.3, -0.25) is 4.79 Å². The Morgan fingerprint density at radius 3 is 2.59 bits per heavy atom. The molecule has 9 nitrogen and oxygen atoms in total. The van der Waals surface area contributed by atoms with Crippen molar-refractivity contribution in [3.63, 3.8) is 0 Å². The van der Waals surface area contributed by atoms with Crippen molar-refractivity contribution in [3.8, 4) is 0 Å². The Balaban J connectivity index is 1.55. The Morgan fingerprint density at radius 2 is 1.88 bits per heavy atom. The fraction of sp³-hybridized carbons (Fsp3) is 0.333. The van der Waals surface area contributed by atoms with Gasteiger partial charge in [0.25, 0.3) is 0 Å². The molecule has 2 heterocycles. The molecule has 6 N–H and O–H groups in total. The summed E-state index contributed by atoms with van der Waals surface area (Å²) >= 11 is 6.01. The van der Waals surface area contributed by atoms with Gasteiger partial charge in [-0.1, -0.05) is 36.7 Å². The summed E-state index contributed by atoms with van der Waals surface area (Å²) in [4.78, 5) is 25.3. The van der Waals surface area contributed by atoms with Crippen LogP contribution in [0.1, 0.15) is 40.7 Å². The van der Waals surface area contributed by atoms with Gasteiger partial charge in [0.1, 0.15) is 0 Å². The largest absolute Gasteiger partial charge is 0.366 e. The highest BCUT2D eigenvalue weighted by Crippen LogP contribution is 2.23. The standard InChI is InChI=1S/C24H29ClN8O/c1-14-3-4-17(21(26)34)11-20(14)30-24-32-22(31-23(33-24)29-19-9-10-27-13-19)28-12-15(2)16-5-7-18(25)8-6-16/h3-8,11,15,19,27H,9-10,12-13H2,1-2H3,(H2,26,34)(H3,28,29,30,31,32,33)/t15?,19-/m0/s1. The van der Waals surface area contributed by atoms with Crippen LogP contribution < -0.4 is 27.0 Å². The fourth-order valence-corrected chi connectivity index (χ4v) is 3.85. The number of hydrogen-bond acceptors (Lipinski definition) is 8. The van der Waals surface area contributed by atoms with Crippen LogP contribution in [0.4, 0.5) is 23.5 Å². The van der Waals surface area contributed by atoms with Gasteiger partial charge in [-0.15, -0.1) is 0 Å². The van der Waals surface area contributed by atoms with Gasteiger partial charge < -0.3 is 27.0 Å². The van der Waals surface area contributed by atoms with E-state index < -0.39 is 5.91 Å². The van der Waals surface area contributed by atoms with Crippen molar-refractivity contribution in [1.29, 1.82) is 0 Å². The molecule has 4 rings (SSSR count). The van der Waals surface area contributed by atoms with Gasteiger partial charge >= 0.3 is 0 Å². The molecule has 2 aromatic carbocycles. The molecule has 1 aliphatic rings. The number of carbonyl (C=O) groups excluding carboxylic acids is 1. The molecule has 34 heavy (non-hydrogen) atoms. The van der Waals surface area contributed by atoms with Gasteiger partial charge in [0, 0.05) is 35.4 Å². The summed E-state index contributed by atoms with van der Waals surface area (Å²) < 4.78 is 0. The number of primary amides is 1. The van der Waals surface area contributed by atoms with Gasteiger partial charge in [0.15, 0.2) is 0 Å². The van der Waals surface area contributed by atoms with E-state index in [0.717, 1.165) is 25.1 Å². The Hall–Kier alpha value is -3.43. The van der Waals surface area contributed by atoms with Gasteiger partial charge in [0.2, 0.25) is 23.8 Å². The molecular weight excluding hydrogens is 452 g/mol. The van der Waals surface area contributed by atoms with Crippen molar-refractivity contribution < 1.29 is 4.79 Å². The summed E-state index contributed by atoms with van der Waals surface area (Å²) in [6, 6.07) is 13.3. The summed E-state index contributed by atoms with van der Waals surface area (Å²) in [7, 11) is 0. The molecular formula is C24H29ClN8O. The zero-order valence-corrected chi connectivity index (χ0v) is 20.0. The van der Waals surface area contributed by atoms with Crippen LogP contribution >= 0.6 is 11.6 Å². The van der Waals surface area contributed by atoms with E-state index in [4.69, 9.17) is 17.3 Å². The predicted molar refractivity (Wildman–Crippen MR) is 136 cm³/mol. The SMILES string of the molecule is Cc1ccc(C(N)=O)cc1Nc1nc(NCC(C)c2ccc(Cl)cc2)nc(N[C@H]2CCNC2)n1. The third kappa shape index (κ3) is 6.12. The second kappa shape index (κ2) is 10.7. The summed E-state index contributed by atoms with van der Waals surface area (Å²) in [5.41, 5.74) is 8.66. The van der Waals surface area contributed by atoms with Gasteiger partial charge in [-0.2, -0.15) is 15.0 Å². The van der Waals surface area contributed by atoms with E-state index in [0.29, 0.717) is 40.7 Å². The van der Waals surface area contributed by atoms with Crippen LogP contribution in [-0.4, -0.2) is 46.5 Å². The monoisotopic (exact) mass is 480 g/mol. The maximum atomic E-state index is 11.6. The number of aryl methyl sites for hydroxylation is 1. The molecule has 10 heteroatoms. The summed E-state index contributed by atoms with van der Waals surface area (Å²) in [5, 5.41) is 14.0. The molecule has 1 aliphatic heterocycles. The van der Waals surface area contributed by atoms with Crippen molar-refractivity contribution >= 4 is 41.0 Å². The number of rotatable bonds is 9. The van der Waals surface area contributed by atoms with E-state index in [1.807, 2.05) is 37.3 Å². The molecule has 1 unspecified atom stereocenters. The summed E-state index contributed by atoms with van der Waals surface area (Å²) in [6.07, 6.45) is 0.991. The maximum Gasteiger partial charge on any atom is 0.248 e. The number of amides is 1. The Labute approximate surface area is 203 Å². The minimum atomic E-state index is -0.492. The van der Waals surface area contributed by atoms with Gasteiger partial charge in [-0.25, -0.2) is 0 Å². The van der Waals surface area contributed by atoms with Crippen molar-refractivity contribution in [2.45, 2.75) is 32.2 Å². The van der Waals surface area contributed by atoms with Crippen LogP contribution in [0.25, 0.3) is 0 Å². The Bertz CT molecular complexity index is 1150. The van der Waals surface area contributed by atoms with Crippen molar-refractivity contribution in [2.24, 2.45) is 5.73 Å². The average molecular weight is 481 g/mol. The number of nitrogens with zero attached hydrogens (tertiary/aromatic N) is 3. The number of nitrogens with one attached hydrogen (secondary N) is 4. The zero-order valence-electron chi connectivity index (χ0n) is 19.2. The number of nitrogens with two attached hydrogens (primary N) is 1. The highest BCUT2D eigenvalue weighted by molar-refractivity contribution is 6.30. The van der Waals surface area contributed by atoms with Gasteiger partial charge in [-0.05, 0) is 61.2 Å². The minimum absolute atomic E-state index is 0.218. The normalized spacial score (nSPS) is 16.1.